The van der Waals surface area contributed by atoms with Crippen LogP contribution in [0.25, 0.3) is 0 Å². The average Bonchev–Trinajstić information content (AvgIpc) is 2.08. The van der Waals surface area contributed by atoms with E-state index in [1.54, 1.807) is 0 Å². The molecule has 0 saturated heterocycles. The van der Waals surface area contributed by atoms with Gasteiger partial charge in [0, 0.05) is 6.07 Å². The van der Waals surface area contributed by atoms with Gasteiger partial charge in [-0.25, -0.2) is 0 Å². The van der Waals surface area contributed by atoms with Crippen LogP contribution in [0.4, 0.5) is 0 Å². The summed E-state index contributed by atoms with van der Waals surface area (Å²) >= 11 is 11.4. The van der Waals surface area contributed by atoms with Crippen molar-refractivity contribution in [1.82, 2.24) is 0 Å². The highest BCUT2D eigenvalue weighted by atomic mass is 35.5. The molecule has 0 aliphatic rings. The normalized spacial score (nSPS) is 12.2. The monoisotopic (exact) mass is 334 g/mol. The Kier molecular flexibility index (Phi) is 4.37. The summed E-state index contributed by atoms with van der Waals surface area (Å²) in [6.45, 7) is 0. The zero-order valence-corrected chi connectivity index (χ0v) is 12.3. The summed E-state index contributed by atoms with van der Waals surface area (Å²) < 4.78 is 52.9. The molecule has 0 unspecified atom stereocenters. The van der Waals surface area contributed by atoms with Crippen molar-refractivity contribution in [2.24, 2.45) is 0 Å². The van der Waals surface area contributed by atoms with E-state index in [9.17, 15) is 16.8 Å². The fraction of sp³-hybridized carbons (Fsp3) is 0.250. The number of benzene rings is 1. The van der Waals surface area contributed by atoms with Crippen molar-refractivity contribution in [2.45, 2.75) is 0 Å². The highest BCUT2D eigenvalue weighted by molar-refractivity contribution is 7.86. The van der Waals surface area contributed by atoms with Crippen molar-refractivity contribution in [3.8, 4) is 11.5 Å². The first-order valence-corrected chi connectivity index (χ1v) is 8.65. The van der Waals surface area contributed by atoms with Gasteiger partial charge < -0.3 is 8.37 Å². The largest absolute Gasteiger partial charge is 0.381 e. The molecule has 1 aromatic carbocycles. The van der Waals surface area contributed by atoms with Gasteiger partial charge in [0.25, 0.3) is 0 Å². The first-order valence-electron chi connectivity index (χ1n) is 4.26. The highest BCUT2D eigenvalue weighted by Crippen LogP contribution is 2.36. The summed E-state index contributed by atoms with van der Waals surface area (Å²) in [4.78, 5) is 0. The van der Waals surface area contributed by atoms with E-state index in [0.717, 1.165) is 24.6 Å². The van der Waals surface area contributed by atoms with Crippen molar-refractivity contribution < 1.29 is 25.2 Å². The van der Waals surface area contributed by atoms with E-state index in [1.165, 1.54) is 0 Å². The standard InChI is InChI=1S/C8H8Cl2O6S2/c1-17(11,12)15-7-4-8(16-18(2,13)14)6(10)3-5(7)9/h3-4H,1-2H3. The van der Waals surface area contributed by atoms with Gasteiger partial charge in [0.1, 0.15) is 0 Å². The third kappa shape index (κ3) is 4.89. The Labute approximate surface area is 115 Å². The summed E-state index contributed by atoms with van der Waals surface area (Å²) in [6, 6.07) is 2.09. The number of rotatable bonds is 4. The zero-order valence-electron chi connectivity index (χ0n) is 9.18. The maximum atomic E-state index is 11.0. The number of halogens is 2. The molecule has 10 heteroatoms. The average molecular weight is 335 g/mol. The second kappa shape index (κ2) is 5.12. The van der Waals surface area contributed by atoms with Crippen LogP contribution in [0.15, 0.2) is 12.1 Å². The van der Waals surface area contributed by atoms with Gasteiger partial charge in [-0.2, -0.15) is 16.8 Å². The fourth-order valence-electron chi connectivity index (χ4n) is 0.964. The molecule has 102 valence electrons. The molecule has 1 aromatic rings. The molecule has 6 nitrogen and oxygen atoms in total. The molecule has 0 bridgehead atoms. The second-order valence-corrected chi connectivity index (χ2v) is 7.25. The molecular weight excluding hydrogens is 327 g/mol. The van der Waals surface area contributed by atoms with Crippen LogP contribution in [0.5, 0.6) is 11.5 Å². The van der Waals surface area contributed by atoms with E-state index in [4.69, 9.17) is 23.2 Å². The zero-order chi connectivity index (χ0) is 14.1. The van der Waals surface area contributed by atoms with Crippen LogP contribution in [-0.4, -0.2) is 29.3 Å². The Balaban J connectivity index is 3.26. The molecule has 0 heterocycles. The molecule has 18 heavy (non-hydrogen) atoms. The minimum absolute atomic E-state index is 0.0914. The molecule has 0 spiro atoms. The molecule has 0 saturated carbocycles. The molecule has 0 aliphatic carbocycles. The van der Waals surface area contributed by atoms with Gasteiger partial charge in [-0.3, -0.25) is 0 Å². The first-order chi connectivity index (χ1) is 7.98. The molecular formula is C8H8Cl2O6S2. The van der Waals surface area contributed by atoms with Crippen LogP contribution < -0.4 is 8.37 Å². The van der Waals surface area contributed by atoms with Gasteiger partial charge in [0.15, 0.2) is 11.5 Å². The Morgan fingerprint density at radius 3 is 1.44 bits per heavy atom. The maximum absolute atomic E-state index is 11.0. The second-order valence-electron chi connectivity index (χ2n) is 3.29. The van der Waals surface area contributed by atoms with E-state index >= 15 is 0 Å². The summed E-state index contributed by atoms with van der Waals surface area (Å²) in [5.74, 6) is -0.551. The van der Waals surface area contributed by atoms with Crippen LogP contribution in [0.2, 0.25) is 10.0 Å². The predicted octanol–water partition coefficient (Wildman–Crippen LogP) is 1.67. The summed E-state index contributed by atoms with van der Waals surface area (Å²) in [5, 5.41) is -0.183. The summed E-state index contributed by atoms with van der Waals surface area (Å²) in [6.07, 6.45) is 1.63. The smallest absolute Gasteiger partial charge is 0.306 e. The molecule has 0 fully saturated rings. The minimum Gasteiger partial charge on any atom is -0.381 e. The van der Waals surface area contributed by atoms with Gasteiger partial charge in [-0.1, -0.05) is 23.2 Å². The van der Waals surface area contributed by atoms with E-state index in [1.807, 2.05) is 0 Å². The minimum atomic E-state index is -3.81. The molecule has 0 amide bonds. The Bertz CT molecular complexity index is 610. The van der Waals surface area contributed by atoms with Gasteiger partial charge in [0.2, 0.25) is 0 Å². The van der Waals surface area contributed by atoms with Crippen molar-refractivity contribution in [3.05, 3.63) is 22.2 Å². The highest BCUT2D eigenvalue weighted by Gasteiger charge is 2.16. The number of hydrogen-bond donors (Lipinski definition) is 0. The topological polar surface area (TPSA) is 86.7 Å². The maximum Gasteiger partial charge on any atom is 0.306 e. The first kappa shape index (κ1) is 15.4. The Morgan fingerprint density at radius 2 is 1.17 bits per heavy atom. The summed E-state index contributed by atoms with van der Waals surface area (Å²) in [5.41, 5.74) is 0. The Morgan fingerprint density at radius 1 is 0.833 bits per heavy atom. The van der Waals surface area contributed by atoms with Gasteiger partial charge in [0.05, 0.1) is 22.6 Å². The number of hydrogen-bond acceptors (Lipinski definition) is 6. The molecule has 0 radical (unpaired) electrons. The van der Waals surface area contributed by atoms with Crippen LogP contribution >= 0.6 is 23.2 Å². The van der Waals surface area contributed by atoms with Gasteiger partial charge >= 0.3 is 20.2 Å². The third-order valence-corrected chi connectivity index (χ3v) is 3.02. The van der Waals surface area contributed by atoms with E-state index in [0.29, 0.717) is 0 Å². The van der Waals surface area contributed by atoms with E-state index in [-0.39, 0.29) is 21.5 Å². The van der Waals surface area contributed by atoms with Crippen molar-refractivity contribution in [3.63, 3.8) is 0 Å². The van der Waals surface area contributed by atoms with Crippen LogP contribution in [-0.2, 0) is 20.2 Å². The van der Waals surface area contributed by atoms with Crippen molar-refractivity contribution in [2.75, 3.05) is 12.5 Å². The quantitative estimate of drug-likeness (QED) is 0.778. The van der Waals surface area contributed by atoms with E-state index in [2.05, 4.69) is 8.37 Å². The molecule has 0 aromatic heterocycles. The van der Waals surface area contributed by atoms with E-state index < -0.39 is 20.2 Å². The predicted molar refractivity (Wildman–Crippen MR) is 67.4 cm³/mol. The molecule has 0 atom stereocenters. The molecule has 0 N–H and O–H groups in total. The van der Waals surface area contributed by atoms with Crippen molar-refractivity contribution >= 4 is 43.4 Å². The van der Waals surface area contributed by atoms with Gasteiger partial charge in [-0.05, 0) is 6.07 Å². The molecule has 1 rings (SSSR count). The lowest BCUT2D eigenvalue weighted by Crippen LogP contribution is -2.08. The fourth-order valence-corrected chi connectivity index (χ4v) is 2.44. The Hall–Kier alpha value is -0.700. The lowest BCUT2D eigenvalue weighted by atomic mass is 10.3. The van der Waals surface area contributed by atoms with Crippen LogP contribution in [0.1, 0.15) is 0 Å². The summed E-state index contributed by atoms with van der Waals surface area (Å²) in [7, 11) is -7.61. The lowest BCUT2D eigenvalue weighted by molar-refractivity contribution is 0.483. The van der Waals surface area contributed by atoms with Crippen LogP contribution in [0, 0.1) is 0 Å². The van der Waals surface area contributed by atoms with Crippen molar-refractivity contribution in [1.29, 1.82) is 0 Å². The van der Waals surface area contributed by atoms with Gasteiger partial charge in [-0.15, -0.1) is 0 Å². The third-order valence-electron chi connectivity index (χ3n) is 1.47. The molecule has 0 aliphatic heterocycles. The van der Waals surface area contributed by atoms with Crippen LogP contribution in [0.3, 0.4) is 0 Å². The SMILES string of the molecule is CS(=O)(=O)Oc1cc(OS(C)(=O)=O)c(Cl)cc1Cl. The lowest BCUT2D eigenvalue weighted by Gasteiger charge is -2.09.